The molecular weight excluding hydrogens is 238 g/mol. The van der Waals surface area contributed by atoms with Crippen molar-refractivity contribution in [3.8, 4) is 5.69 Å². The van der Waals surface area contributed by atoms with Crippen LogP contribution in [0.25, 0.3) is 5.69 Å². The lowest BCUT2D eigenvalue weighted by Gasteiger charge is -2.20. The summed E-state index contributed by atoms with van der Waals surface area (Å²) in [6, 6.07) is 3.64. The number of hydrogen-bond donors (Lipinski definition) is 1. The molecule has 0 saturated carbocycles. The minimum absolute atomic E-state index is 0.171. The van der Waals surface area contributed by atoms with Crippen molar-refractivity contribution in [2.24, 2.45) is 0 Å². The average molecular weight is 252 g/mol. The molecule has 2 aromatic rings. The van der Waals surface area contributed by atoms with Crippen LogP contribution in [0.4, 0.5) is 14.6 Å². The third-order valence-corrected chi connectivity index (χ3v) is 2.56. The van der Waals surface area contributed by atoms with E-state index in [1.807, 2.05) is 20.8 Å². The molecule has 0 fully saturated rings. The van der Waals surface area contributed by atoms with E-state index in [1.165, 1.54) is 18.2 Å². The summed E-state index contributed by atoms with van der Waals surface area (Å²) in [4.78, 5) is 0. The minimum Gasteiger partial charge on any atom is -0.381 e. The molecule has 0 aliphatic heterocycles. The second-order valence-corrected chi connectivity index (χ2v) is 5.06. The molecule has 0 atom stereocenters. The van der Waals surface area contributed by atoms with E-state index in [0.717, 1.165) is 4.68 Å². The van der Waals surface area contributed by atoms with E-state index in [2.05, 4.69) is 10.3 Å². The highest BCUT2D eigenvalue weighted by Crippen LogP contribution is 2.29. The molecule has 18 heavy (non-hydrogen) atoms. The summed E-state index contributed by atoms with van der Waals surface area (Å²) in [6.45, 7) is 5.62. The molecule has 1 heterocycles. The van der Waals surface area contributed by atoms with Gasteiger partial charge in [-0.3, -0.25) is 0 Å². The monoisotopic (exact) mass is 252 g/mol. The average Bonchev–Trinajstić information content (AvgIpc) is 2.59. The fourth-order valence-electron chi connectivity index (χ4n) is 1.84. The second-order valence-electron chi connectivity index (χ2n) is 5.06. The van der Waals surface area contributed by atoms with E-state index in [1.54, 1.807) is 0 Å². The Morgan fingerprint density at radius 3 is 2.22 bits per heavy atom. The van der Waals surface area contributed by atoms with Crippen molar-refractivity contribution >= 4 is 5.82 Å². The predicted octanol–water partition coefficient (Wildman–Crippen LogP) is 2.43. The van der Waals surface area contributed by atoms with E-state index < -0.39 is 17.0 Å². The molecule has 0 bridgehead atoms. The Bertz CT molecular complexity index is 564. The van der Waals surface area contributed by atoms with Gasteiger partial charge >= 0.3 is 0 Å². The van der Waals surface area contributed by atoms with Crippen molar-refractivity contribution in [3.63, 3.8) is 0 Å². The molecule has 2 rings (SSSR count). The summed E-state index contributed by atoms with van der Waals surface area (Å²) < 4.78 is 28.6. The van der Waals surface area contributed by atoms with Crippen LogP contribution in [0.2, 0.25) is 0 Å². The lowest BCUT2D eigenvalue weighted by molar-refractivity contribution is 0.512. The van der Waals surface area contributed by atoms with Crippen molar-refractivity contribution in [1.82, 2.24) is 15.0 Å². The highest BCUT2D eigenvalue weighted by molar-refractivity contribution is 5.45. The maximum absolute atomic E-state index is 13.7. The van der Waals surface area contributed by atoms with Gasteiger partial charge in [0.25, 0.3) is 0 Å². The van der Waals surface area contributed by atoms with Crippen LogP contribution in [0.1, 0.15) is 26.5 Å². The first kappa shape index (κ1) is 12.5. The number of benzene rings is 1. The fraction of sp³-hybridized carbons (Fsp3) is 0.333. The van der Waals surface area contributed by atoms with Gasteiger partial charge in [0.15, 0.2) is 17.5 Å². The minimum atomic E-state index is -0.703. The SMILES string of the molecule is CC(C)(C)c1c(N)nnn1-c1c(F)cccc1F. The van der Waals surface area contributed by atoms with Crippen LogP contribution in [0.5, 0.6) is 0 Å². The first-order valence-corrected chi connectivity index (χ1v) is 5.48. The molecule has 6 heteroatoms. The molecule has 0 aliphatic rings. The quantitative estimate of drug-likeness (QED) is 0.848. The second kappa shape index (κ2) is 4.04. The van der Waals surface area contributed by atoms with E-state index in [9.17, 15) is 8.78 Å². The Morgan fingerprint density at radius 1 is 1.17 bits per heavy atom. The maximum Gasteiger partial charge on any atom is 0.170 e. The van der Waals surface area contributed by atoms with Crippen molar-refractivity contribution < 1.29 is 8.78 Å². The number of para-hydroxylation sites is 1. The van der Waals surface area contributed by atoms with Crippen molar-refractivity contribution in [2.75, 3.05) is 5.73 Å². The third kappa shape index (κ3) is 1.94. The lowest BCUT2D eigenvalue weighted by atomic mass is 9.91. The molecular formula is C12H14F2N4. The molecule has 0 saturated heterocycles. The van der Waals surface area contributed by atoms with Crippen molar-refractivity contribution in [3.05, 3.63) is 35.5 Å². The molecule has 0 unspecified atom stereocenters. The normalized spacial score (nSPS) is 11.8. The number of nitrogens with zero attached hydrogens (tertiary/aromatic N) is 3. The number of halogens is 2. The summed E-state index contributed by atoms with van der Waals surface area (Å²) in [6.07, 6.45) is 0. The number of nitrogens with two attached hydrogens (primary N) is 1. The van der Waals surface area contributed by atoms with Crippen LogP contribution in [0, 0.1) is 11.6 Å². The maximum atomic E-state index is 13.7. The standard InChI is InChI=1S/C12H14F2N4/c1-12(2,3)10-11(15)16-17-18(10)9-7(13)5-4-6-8(9)14/h4-6H,15H2,1-3H3. The molecule has 0 amide bonds. The van der Waals surface area contributed by atoms with Crippen molar-refractivity contribution in [1.29, 1.82) is 0 Å². The molecule has 1 aromatic heterocycles. The molecule has 1 aromatic carbocycles. The summed E-state index contributed by atoms with van der Waals surface area (Å²) in [5.41, 5.74) is 5.52. The Labute approximate surface area is 103 Å². The van der Waals surface area contributed by atoms with Gasteiger partial charge in [-0.05, 0) is 12.1 Å². The largest absolute Gasteiger partial charge is 0.381 e. The Morgan fingerprint density at radius 2 is 1.72 bits per heavy atom. The summed E-state index contributed by atoms with van der Waals surface area (Å²) in [5.74, 6) is -1.24. The first-order chi connectivity index (χ1) is 8.32. The van der Waals surface area contributed by atoms with Crippen LogP contribution in [0.3, 0.4) is 0 Å². The zero-order valence-electron chi connectivity index (χ0n) is 10.4. The van der Waals surface area contributed by atoms with Gasteiger partial charge in [-0.1, -0.05) is 32.1 Å². The van der Waals surface area contributed by atoms with E-state index in [-0.39, 0.29) is 11.5 Å². The Hall–Kier alpha value is -1.98. The summed E-state index contributed by atoms with van der Waals surface area (Å²) >= 11 is 0. The number of hydrogen-bond acceptors (Lipinski definition) is 3. The van der Waals surface area contributed by atoms with Gasteiger partial charge in [0.05, 0.1) is 5.69 Å². The number of rotatable bonds is 1. The highest BCUT2D eigenvalue weighted by Gasteiger charge is 2.27. The third-order valence-electron chi connectivity index (χ3n) is 2.56. The van der Waals surface area contributed by atoms with Crippen LogP contribution in [-0.4, -0.2) is 15.0 Å². The van der Waals surface area contributed by atoms with Gasteiger partial charge in [0, 0.05) is 5.41 Å². The smallest absolute Gasteiger partial charge is 0.170 e. The highest BCUT2D eigenvalue weighted by atomic mass is 19.1. The topological polar surface area (TPSA) is 56.7 Å². The van der Waals surface area contributed by atoms with Crippen molar-refractivity contribution in [2.45, 2.75) is 26.2 Å². The van der Waals surface area contributed by atoms with E-state index >= 15 is 0 Å². The van der Waals surface area contributed by atoms with Crippen LogP contribution in [0.15, 0.2) is 18.2 Å². The zero-order chi connectivity index (χ0) is 13.5. The predicted molar refractivity (Wildman–Crippen MR) is 64.4 cm³/mol. The Kier molecular flexibility index (Phi) is 2.80. The molecule has 0 radical (unpaired) electrons. The molecule has 96 valence electrons. The molecule has 0 spiro atoms. The fourth-order valence-corrected chi connectivity index (χ4v) is 1.84. The first-order valence-electron chi connectivity index (χ1n) is 5.48. The van der Waals surface area contributed by atoms with Crippen LogP contribution >= 0.6 is 0 Å². The van der Waals surface area contributed by atoms with E-state index in [4.69, 9.17) is 5.73 Å². The Balaban J connectivity index is 2.74. The zero-order valence-corrected chi connectivity index (χ0v) is 10.4. The summed E-state index contributed by atoms with van der Waals surface area (Å²) in [5, 5.41) is 7.43. The number of nitrogen functional groups attached to an aromatic ring is 1. The van der Waals surface area contributed by atoms with Gasteiger partial charge in [-0.25, -0.2) is 13.5 Å². The van der Waals surface area contributed by atoms with Gasteiger partial charge in [0.2, 0.25) is 0 Å². The molecule has 2 N–H and O–H groups in total. The van der Waals surface area contributed by atoms with Crippen LogP contribution < -0.4 is 5.73 Å². The number of aromatic nitrogens is 3. The van der Waals surface area contributed by atoms with E-state index in [0.29, 0.717) is 5.69 Å². The van der Waals surface area contributed by atoms with Gasteiger partial charge < -0.3 is 5.73 Å². The van der Waals surface area contributed by atoms with Crippen LogP contribution in [-0.2, 0) is 5.41 Å². The lowest BCUT2D eigenvalue weighted by Crippen LogP contribution is -2.20. The van der Waals surface area contributed by atoms with Gasteiger partial charge in [-0.2, -0.15) is 0 Å². The molecule has 0 aliphatic carbocycles. The molecule has 4 nitrogen and oxygen atoms in total. The number of anilines is 1. The van der Waals surface area contributed by atoms with Gasteiger partial charge in [0.1, 0.15) is 5.69 Å². The summed E-state index contributed by atoms with van der Waals surface area (Å²) in [7, 11) is 0. The van der Waals surface area contributed by atoms with Gasteiger partial charge in [-0.15, -0.1) is 5.10 Å².